The van der Waals surface area contributed by atoms with E-state index in [2.05, 4.69) is 10.3 Å². The monoisotopic (exact) mass is 461 g/mol. The number of ether oxygens (including phenoxy) is 1. The largest absolute Gasteiger partial charge is 0.394 e. The topological polar surface area (TPSA) is 79.9 Å². The number of hydrogen-bond donors (Lipinski definition) is 3. The van der Waals surface area contributed by atoms with Gasteiger partial charge in [-0.2, -0.15) is 0 Å². The number of aliphatic hydroxyl groups excluding tert-OH is 1. The van der Waals surface area contributed by atoms with Crippen LogP contribution >= 0.6 is 47.2 Å². The van der Waals surface area contributed by atoms with Crippen molar-refractivity contribution in [2.24, 2.45) is 10.7 Å². The quantitative estimate of drug-likeness (QED) is 0.240. The Morgan fingerprint density at radius 3 is 2.77 bits per heavy atom. The van der Waals surface area contributed by atoms with Crippen LogP contribution in [0.15, 0.2) is 23.2 Å². The van der Waals surface area contributed by atoms with Crippen molar-refractivity contribution in [2.75, 3.05) is 26.4 Å². The smallest absolute Gasteiger partial charge is 0.189 e. The number of rotatable bonds is 8. The van der Waals surface area contributed by atoms with Crippen LogP contribution in [0.4, 0.5) is 0 Å². The molecule has 0 radical (unpaired) electrons. The standard InChI is InChI=1S/C14H21Cl2N3O2.HI/c1-10(12-4-3-11(15)9-13(12)16)19-14(17)18-5-2-7-21-8-6-20;/h3-4,9-10,20H,2,5-8H2,1H3,(H3,17,18,19);1H. The van der Waals surface area contributed by atoms with Gasteiger partial charge in [-0.1, -0.05) is 29.3 Å². The van der Waals surface area contributed by atoms with E-state index in [9.17, 15) is 0 Å². The summed E-state index contributed by atoms with van der Waals surface area (Å²) in [5.41, 5.74) is 6.73. The van der Waals surface area contributed by atoms with Crippen molar-refractivity contribution in [2.45, 2.75) is 19.4 Å². The number of nitrogens with two attached hydrogens (primary N) is 1. The van der Waals surface area contributed by atoms with Crippen LogP contribution in [0.2, 0.25) is 10.0 Å². The van der Waals surface area contributed by atoms with Crippen LogP contribution in [0.1, 0.15) is 24.9 Å². The van der Waals surface area contributed by atoms with Gasteiger partial charge in [0, 0.05) is 23.2 Å². The lowest BCUT2D eigenvalue weighted by atomic mass is 10.1. The van der Waals surface area contributed by atoms with E-state index < -0.39 is 0 Å². The Morgan fingerprint density at radius 2 is 2.14 bits per heavy atom. The van der Waals surface area contributed by atoms with E-state index in [-0.39, 0.29) is 36.6 Å². The van der Waals surface area contributed by atoms with E-state index in [1.54, 1.807) is 12.1 Å². The molecule has 0 amide bonds. The fraction of sp³-hybridized carbons (Fsp3) is 0.500. The zero-order valence-electron chi connectivity index (χ0n) is 12.4. The highest BCUT2D eigenvalue weighted by molar-refractivity contribution is 14.0. The molecule has 22 heavy (non-hydrogen) atoms. The third-order valence-corrected chi connectivity index (χ3v) is 3.32. The van der Waals surface area contributed by atoms with Gasteiger partial charge in [0.1, 0.15) is 0 Å². The first kappa shape index (κ1) is 21.7. The van der Waals surface area contributed by atoms with Gasteiger partial charge in [0.15, 0.2) is 5.96 Å². The maximum Gasteiger partial charge on any atom is 0.189 e. The number of halogens is 3. The summed E-state index contributed by atoms with van der Waals surface area (Å²) in [5.74, 6) is 0.357. The van der Waals surface area contributed by atoms with E-state index in [1.807, 2.05) is 13.0 Å². The molecule has 1 rings (SSSR count). The van der Waals surface area contributed by atoms with Gasteiger partial charge < -0.3 is 20.9 Å². The predicted molar refractivity (Wildman–Crippen MR) is 102 cm³/mol. The Hall–Kier alpha value is -0.280. The summed E-state index contributed by atoms with van der Waals surface area (Å²) in [6.45, 7) is 3.44. The number of aliphatic hydroxyl groups is 1. The van der Waals surface area contributed by atoms with Gasteiger partial charge in [-0.15, -0.1) is 24.0 Å². The molecule has 126 valence electrons. The average Bonchev–Trinajstić information content (AvgIpc) is 2.42. The van der Waals surface area contributed by atoms with Crippen LogP contribution in [0.3, 0.4) is 0 Å². The molecule has 0 aliphatic carbocycles. The van der Waals surface area contributed by atoms with Gasteiger partial charge in [0.05, 0.1) is 19.3 Å². The average molecular weight is 462 g/mol. The molecule has 4 N–H and O–H groups in total. The molecule has 0 saturated heterocycles. The lowest BCUT2D eigenvalue weighted by Crippen LogP contribution is -2.34. The first-order valence-corrected chi connectivity index (χ1v) is 7.50. The Kier molecular flexibility index (Phi) is 12.0. The number of aliphatic imine (C=N–C) groups is 1. The molecular formula is C14H22Cl2IN3O2. The van der Waals surface area contributed by atoms with E-state index in [0.29, 0.717) is 35.8 Å². The molecular weight excluding hydrogens is 440 g/mol. The highest BCUT2D eigenvalue weighted by atomic mass is 127. The third kappa shape index (κ3) is 8.38. The van der Waals surface area contributed by atoms with E-state index in [1.165, 1.54) is 0 Å². The summed E-state index contributed by atoms with van der Waals surface area (Å²) in [6, 6.07) is 5.28. The normalized spacial score (nSPS) is 12.6. The van der Waals surface area contributed by atoms with Gasteiger partial charge in [-0.3, -0.25) is 4.99 Å². The first-order valence-electron chi connectivity index (χ1n) is 6.74. The molecule has 1 aromatic carbocycles. The van der Waals surface area contributed by atoms with Crippen molar-refractivity contribution in [3.8, 4) is 0 Å². The number of hydrogen-bond acceptors (Lipinski definition) is 3. The van der Waals surface area contributed by atoms with Crippen LogP contribution < -0.4 is 11.1 Å². The Morgan fingerprint density at radius 1 is 1.41 bits per heavy atom. The molecule has 0 aliphatic rings. The van der Waals surface area contributed by atoms with E-state index in [4.69, 9.17) is 38.8 Å². The molecule has 0 fully saturated rings. The predicted octanol–water partition coefficient (Wildman–Crippen LogP) is 2.98. The highest BCUT2D eigenvalue weighted by Crippen LogP contribution is 2.25. The molecule has 0 heterocycles. The van der Waals surface area contributed by atoms with Crippen LogP contribution in [0, 0.1) is 0 Å². The Balaban J connectivity index is 0.00000441. The van der Waals surface area contributed by atoms with E-state index in [0.717, 1.165) is 12.0 Å². The van der Waals surface area contributed by atoms with Crippen molar-refractivity contribution >= 4 is 53.1 Å². The van der Waals surface area contributed by atoms with E-state index >= 15 is 0 Å². The van der Waals surface area contributed by atoms with Gasteiger partial charge in [-0.05, 0) is 31.0 Å². The summed E-state index contributed by atoms with van der Waals surface area (Å²) in [6.07, 6.45) is 0.748. The fourth-order valence-corrected chi connectivity index (χ4v) is 2.30. The highest BCUT2D eigenvalue weighted by Gasteiger charge is 2.10. The molecule has 0 aliphatic heterocycles. The Labute approximate surface area is 158 Å². The van der Waals surface area contributed by atoms with Crippen LogP contribution in [-0.4, -0.2) is 37.4 Å². The minimum Gasteiger partial charge on any atom is -0.394 e. The van der Waals surface area contributed by atoms with Gasteiger partial charge in [0.25, 0.3) is 0 Å². The lowest BCUT2D eigenvalue weighted by Gasteiger charge is -2.16. The van der Waals surface area contributed by atoms with Gasteiger partial charge >= 0.3 is 0 Å². The fourth-order valence-electron chi connectivity index (χ4n) is 1.73. The first-order chi connectivity index (χ1) is 10.0. The molecule has 0 bridgehead atoms. The van der Waals surface area contributed by atoms with Crippen LogP contribution in [0.25, 0.3) is 0 Å². The van der Waals surface area contributed by atoms with Crippen LogP contribution in [0.5, 0.6) is 0 Å². The second-order valence-corrected chi connectivity index (χ2v) is 5.33. The van der Waals surface area contributed by atoms with Gasteiger partial charge in [0.2, 0.25) is 0 Å². The maximum atomic E-state index is 8.56. The number of nitrogens with one attached hydrogen (secondary N) is 1. The molecule has 1 aromatic rings. The number of nitrogens with zero attached hydrogens (tertiary/aromatic N) is 1. The number of benzene rings is 1. The van der Waals surface area contributed by atoms with Crippen molar-refractivity contribution in [3.05, 3.63) is 33.8 Å². The minimum atomic E-state index is -0.0656. The second kappa shape index (κ2) is 12.2. The summed E-state index contributed by atoms with van der Waals surface area (Å²) >= 11 is 12.0. The lowest BCUT2D eigenvalue weighted by molar-refractivity contribution is 0.0918. The molecule has 0 aromatic heterocycles. The third-order valence-electron chi connectivity index (χ3n) is 2.76. The molecule has 1 atom stereocenters. The van der Waals surface area contributed by atoms with Gasteiger partial charge in [-0.25, -0.2) is 0 Å². The van der Waals surface area contributed by atoms with Crippen molar-refractivity contribution in [1.82, 2.24) is 5.32 Å². The van der Waals surface area contributed by atoms with Crippen LogP contribution in [-0.2, 0) is 4.74 Å². The molecule has 0 spiro atoms. The van der Waals surface area contributed by atoms with Crippen molar-refractivity contribution in [1.29, 1.82) is 0 Å². The summed E-state index contributed by atoms with van der Waals surface area (Å²) in [4.78, 5) is 4.21. The summed E-state index contributed by atoms with van der Waals surface area (Å²) in [7, 11) is 0. The van der Waals surface area contributed by atoms with Crippen molar-refractivity contribution < 1.29 is 9.84 Å². The minimum absolute atomic E-state index is 0. The Bertz CT molecular complexity index is 475. The second-order valence-electron chi connectivity index (χ2n) is 4.49. The molecule has 8 heteroatoms. The molecule has 1 unspecified atom stereocenters. The SMILES string of the molecule is CC(NC(N)=NCCCOCCO)c1ccc(Cl)cc1Cl.I. The molecule has 5 nitrogen and oxygen atoms in total. The summed E-state index contributed by atoms with van der Waals surface area (Å²) < 4.78 is 5.13. The molecule has 0 saturated carbocycles. The summed E-state index contributed by atoms with van der Waals surface area (Å²) in [5, 5.41) is 12.8. The van der Waals surface area contributed by atoms with Crippen molar-refractivity contribution in [3.63, 3.8) is 0 Å². The zero-order chi connectivity index (χ0) is 15.7. The maximum absolute atomic E-state index is 8.56. The number of guanidine groups is 1. The zero-order valence-corrected chi connectivity index (χ0v) is 16.2.